The van der Waals surface area contributed by atoms with Crippen LogP contribution < -0.4 is 5.32 Å². The molecule has 176 valence electrons. The number of anilines is 1. The van der Waals surface area contributed by atoms with Crippen LogP contribution in [-0.2, 0) is 9.59 Å². The summed E-state index contributed by atoms with van der Waals surface area (Å²) in [6.45, 7) is 0.445. The molecule has 3 rings (SSSR count). The van der Waals surface area contributed by atoms with Crippen LogP contribution in [0, 0.1) is 10.1 Å². The molecule has 11 heteroatoms. The summed E-state index contributed by atoms with van der Waals surface area (Å²) in [5.74, 6) is -1.39. The Kier molecular flexibility index (Phi) is 8.50. The van der Waals surface area contributed by atoms with Crippen molar-refractivity contribution in [3.8, 4) is 0 Å². The van der Waals surface area contributed by atoms with Crippen LogP contribution >= 0.6 is 24.0 Å². The molecule has 0 spiro atoms. The van der Waals surface area contributed by atoms with Gasteiger partial charge in [-0.05, 0) is 60.9 Å². The predicted octanol–water partition coefficient (Wildman–Crippen LogP) is 4.69. The van der Waals surface area contributed by atoms with Crippen molar-refractivity contribution in [3.63, 3.8) is 0 Å². The van der Waals surface area contributed by atoms with Crippen LogP contribution in [-0.4, -0.2) is 43.6 Å². The van der Waals surface area contributed by atoms with Crippen LogP contribution in [0.5, 0.6) is 0 Å². The largest absolute Gasteiger partial charge is 0.478 e. The van der Waals surface area contributed by atoms with Crippen molar-refractivity contribution in [2.45, 2.75) is 25.7 Å². The van der Waals surface area contributed by atoms with Crippen molar-refractivity contribution in [2.24, 2.45) is 0 Å². The molecular weight excluding hydrogens is 478 g/mol. The summed E-state index contributed by atoms with van der Waals surface area (Å²) >= 11 is 6.51. The number of thioether (sulfide) groups is 1. The highest BCUT2D eigenvalue weighted by atomic mass is 32.2. The molecule has 2 N–H and O–H groups in total. The first kappa shape index (κ1) is 25.1. The second kappa shape index (κ2) is 11.5. The van der Waals surface area contributed by atoms with E-state index in [9.17, 15) is 24.5 Å². The van der Waals surface area contributed by atoms with Gasteiger partial charge < -0.3 is 10.4 Å². The van der Waals surface area contributed by atoms with Gasteiger partial charge in [-0.3, -0.25) is 24.6 Å². The summed E-state index contributed by atoms with van der Waals surface area (Å²) in [5, 5.41) is 22.4. The Morgan fingerprint density at radius 2 is 1.76 bits per heavy atom. The third-order valence-corrected chi connectivity index (χ3v) is 6.35. The van der Waals surface area contributed by atoms with E-state index in [0.29, 0.717) is 46.3 Å². The fourth-order valence-corrected chi connectivity index (χ4v) is 4.50. The van der Waals surface area contributed by atoms with E-state index in [2.05, 4.69) is 5.32 Å². The van der Waals surface area contributed by atoms with Crippen LogP contribution in [0.15, 0.2) is 53.4 Å². The van der Waals surface area contributed by atoms with E-state index in [4.69, 9.17) is 17.3 Å². The molecule has 2 aromatic rings. The molecule has 0 saturated carbocycles. The van der Waals surface area contributed by atoms with Crippen molar-refractivity contribution in [1.82, 2.24) is 4.90 Å². The number of hydrogen-bond donors (Lipinski definition) is 2. The first-order chi connectivity index (χ1) is 16.2. The fourth-order valence-electron chi connectivity index (χ4n) is 3.19. The van der Waals surface area contributed by atoms with Gasteiger partial charge in [-0.15, -0.1) is 0 Å². The fraction of sp³-hybridized carbons (Fsp3) is 0.217. The number of amides is 2. The van der Waals surface area contributed by atoms with Gasteiger partial charge in [-0.25, -0.2) is 4.79 Å². The summed E-state index contributed by atoms with van der Waals surface area (Å²) in [5.41, 5.74) is 1.34. The molecule has 0 unspecified atom stereocenters. The van der Waals surface area contributed by atoms with Gasteiger partial charge in [0.2, 0.25) is 5.91 Å². The highest BCUT2D eigenvalue weighted by Gasteiger charge is 2.31. The molecule has 1 fully saturated rings. The molecule has 0 aromatic heterocycles. The van der Waals surface area contributed by atoms with Gasteiger partial charge in [0, 0.05) is 30.8 Å². The topological polar surface area (TPSA) is 130 Å². The third kappa shape index (κ3) is 6.72. The number of nitro groups is 1. The normalized spacial score (nSPS) is 14.5. The standard InChI is InChI=1S/C23H21N3O6S2/c27-20(24-17-9-7-16(8-10-17)22(29)30)4-2-1-3-13-25-21(28)19(34-23(25)33)14-15-5-11-18(12-6-15)26(31)32/h5-12,14H,1-4,13H2,(H,24,27)(H,29,30)/b19-14-. The van der Waals surface area contributed by atoms with Crippen molar-refractivity contribution >= 4 is 63.5 Å². The van der Waals surface area contributed by atoms with Gasteiger partial charge in [0.15, 0.2) is 0 Å². The third-order valence-electron chi connectivity index (χ3n) is 4.98. The lowest BCUT2D eigenvalue weighted by Crippen LogP contribution is -2.29. The molecule has 1 aliphatic rings. The number of carbonyl (C=O) groups excluding carboxylic acids is 2. The van der Waals surface area contributed by atoms with Crippen LogP contribution in [0.4, 0.5) is 11.4 Å². The van der Waals surface area contributed by atoms with Crippen LogP contribution in [0.2, 0.25) is 0 Å². The van der Waals surface area contributed by atoms with E-state index in [1.165, 1.54) is 40.9 Å². The summed E-state index contributed by atoms with van der Waals surface area (Å²) in [6.07, 6.45) is 4.00. The first-order valence-electron chi connectivity index (χ1n) is 10.4. The average molecular weight is 500 g/mol. The Balaban J connectivity index is 1.41. The lowest BCUT2D eigenvalue weighted by Gasteiger charge is -2.14. The second-order valence-electron chi connectivity index (χ2n) is 7.42. The number of hydrogen-bond acceptors (Lipinski definition) is 7. The lowest BCUT2D eigenvalue weighted by atomic mass is 10.1. The van der Waals surface area contributed by atoms with E-state index < -0.39 is 10.9 Å². The van der Waals surface area contributed by atoms with E-state index in [-0.39, 0.29) is 23.1 Å². The van der Waals surface area contributed by atoms with Crippen LogP contribution in [0.25, 0.3) is 6.08 Å². The van der Waals surface area contributed by atoms with Gasteiger partial charge in [-0.1, -0.05) is 30.4 Å². The zero-order valence-electron chi connectivity index (χ0n) is 17.9. The van der Waals surface area contributed by atoms with E-state index >= 15 is 0 Å². The number of nitro benzene ring substituents is 1. The molecule has 1 aliphatic heterocycles. The lowest BCUT2D eigenvalue weighted by molar-refractivity contribution is -0.384. The molecule has 9 nitrogen and oxygen atoms in total. The number of non-ortho nitro benzene ring substituents is 1. The average Bonchev–Trinajstić information content (AvgIpc) is 3.06. The van der Waals surface area contributed by atoms with E-state index in [1.807, 2.05) is 0 Å². The monoisotopic (exact) mass is 499 g/mol. The summed E-state index contributed by atoms with van der Waals surface area (Å²) in [4.78, 5) is 47.9. The molecule has 1 saturated heterocycles. The summed E-state index contributed by atoms with van der Waals surface area (Å²) in [7, 11) is 0. The Bertz CT molecular complexity index is 1150. The van der Waals surface area contributed by atoms with Crippen molar-refractivity contribution in [1.29, 1.82) is 0 Å². The van der Waals surface area contributed by atoms with E-state index in [1.54, 1.807) is 30.3 Å². The molecule has 0 radical (unpaired) electrons. The number of aromatic carboxylic acids is 1. The second-order valence-corrected chi connectivity index (χ2v) is 9.10. The first-order valence-corrected chi connectivity index (χ1v) is 11.6. The molecule has 34 heavy (non-hydrogen) atoms. The zero-order chi connectivity index (χ0) is 24.7. The molecule has 0 aliphatic carbocycles. The van der Waals surface area contributed by atoms with Crippen LogP contribution in [0.3, 0.4) is 0 Å². The van der Waals surface area contributed by atoms with Gasteiger partial charge in [0.25, 0.3) is 11.6 Å². The van der Waals surface area contributed by atoms with Gasteiger partial charge in [-0.2, -0.15) is 0 Å². The number of nitrogens with zero attached hydrogens (tertiary/aromatic N) is 2. The maximum Gasteiger partial charge on any atom is 0.335 e. The highest BCUT2D eigenvalue weighted by Crippen LogP contribution is 2.33. The van der Waals surface area contributed by atoms with Crippen molar-refractivity contribution in [2.75, 3.05) is 11.9 Å². The minimum Gasteiger partial charge on any atom is -0.478 e. The number of carboxylic acid groups (broad SMARTS) is 1. The number of carboxylic acids is 1. The number of benzene rings is 2. The van der Waals surface area contributed by atoms with Gasteiger partial charge in [0.05, 0.1) is 15.4 Å². The molecule has 2 amide bonds. The molecule has 1 heterocycles. The number of rotatable bonds is 10. The smallest absolute Gasteiger partial charge is 0.335 e. The number of carbonyl (C=O) groups is 3. The van der Waals surface area contributed by atoms with Crippen molar-refractivity contribution < 1.29 is 24.4 Å². The number of nitrogens with one attached hydrogen (secondary N) is 1. The minimum atomic E-state index is -1.03. The number of unbranched alkanes of at least 4 members (excludes halogenated alkanes) is 2. The predicted molar refractivity (Wildman–Crippen MR) is 133 cm³/mol. The molecule has 2 aromatic carbocycles. The zero-order valence-corrected chi connectivity index (χ0v) is 19.6. The minimum absolute atomic E-state index is 0.0190. The highest BCUT2D eigenvalue weighted by molar-refractivity contribution is 8.26. The Labute approximate surface area is 205 Å². The SMILES string of the molecule is O=C(CCCCCN1C(=O)/C(=C/c2ccc([N+](=O)[O-])cc2)SC1=S)Nc1ccc(C(=O)O)cc1. The molecule has 0 atom stereocenters. The Morgan fingerprint density at radius 1 is 1.09 bits per heavy atom. The van der Waals surface area contributed by atoms with Gasteiger partial charge >= 0.3 is 5.97 Å². The maximum atomic E-state index is 12.7. The Morgan fingerprint density at radius 3 is 2.38 bits per heavy atom. The molecular formula is C23H21N3O6S2. The van der Waals surface area contributed by atoms with Gasteiger partial charge in [0.1, 0.15) is 4.32 Å². The van der Waals surface area contributed by atoms with Crippen LogP contribution in [0.1, 0.15) is 41.6 Å². The summed E-state index contributed by atoms with van der Waals surface area (Å²) < 4.78 is 0.459. The maximum absolute atomic E-state index is 12.7. The summed E-state index contributed by atoms with van der Waals surface area (Å²) in [6, 6.07) is 11.9. The molecule has 0 bridgehead atoms. The Hall–Kier alpha value is -3.57. The quantitative estimate of drug-likeness (QED) is 0.158. The van der Waals surface area contributed by atoms with Crippen molar-refractivity contribution in [3.05, 3.63) is 74.7 Å². The van der Waals surface area contributed by atoms with E-state index in [0.717, 1.165) is 6.42 Å². The number of thiocarbonyl (C=S) groups is 1.